The molecule has 3 nitrogen and oxygen atoms in total. The lowest BCUT2D eigenvalue weighted by Gasteiger charge is -2.28. The van der Waals surface area contributed by atoms with E-state index in [1.807, 2.05) is 4.90 Å². The fourth-order valence-electron chi connectivity index (χ4n) is 1.66. The van der Waals surface area contributed by atoms with Crippen LogP contribution in [-0.4, -0.2) is 34.3 Å². The standard InChI is InChI=1S/C8H16N2OS/c9-8(12)10-5-3-1-2-4-7(10)6-11/h7,11H,1-6H2,(H2,9,12). The minimum absolute atomic E-state index is 0.157. The minimum atomic E-state index is 0.157. The molecule has 3 N–H and O–H groups in total. The quantitative estimate of drug-likeness (QED) is 0.587. The van der Waals surface area contributed by atoms with Crippen molar-refractivity contribution in [2.24, 2.45) is 5.73 Å². The van der Waals surface area contributed by atoms with Crippen LogP contribution in [0.15, 0.2) is 0 Å². The Bertz CT molecular complexity index is 163. The Kier molecular flexibility index (Phi) is 3.75. The van der Waals surface area contributed by atoms with Crippen LogP contribution < -0.4 is 5.73 Å². The summed E-state index contributed by atoms with van der Waals surface area (Å²) in [6.07, 6.45) is 4.53. The lowest BCUT2D eigenvalue weighted by molar-refractivity contribution is 0.180. The maximum Gasteiger partial charge on any atom is 0.166 e. The minimum Gasteiger partial charge on any atom is -0.394 e. The maximum absolute atomic E-state index is 9.08. The van der Waals surface area contributed by atoms with Gasteiger partial charge in [0.15, 0.2) is 5.11 Å². The molecule has 1 aliphatic heterocycles. The number of aliphatic hydroxyl groups is 1. The molecule has 0 saturated carbocycles. The average molecular weight is 188 g/mol. The predicted octanol–water partition coefficient (Wildman–Crippen LogP) is 0.467. The molecule has 0 aromatic carbocycles. The van der Waals surface area contributed by atoms with Gasteiger partial charge in [0, 0.05) is 6.54 Å². The van der Waals surface area contributed by atoms with Crippen LogP contribution in [0.3, 0.4) is 0 Å². The second kappa shape index (κ2) is 4.62. The summed E-state index contributed by atoms with van der Waals surface area (Å²) >= 11 is 4.91. The molecule has 12 heavy (non-hydrogen) atoms. The number of hydrogen-bond donors (Lipinski definition) is 2. The Morgan fingerprint density at radius 1 is 1.50 bits per heavy atom. The fraction of sp³-hybridized carbons (Fsp3) is 0.875. The summed E-state index contributed by atoms with van der Waals surface area (Å²) in [6.45, 7) is 1.07. The van der Waals surface area contributed by atoms with Gasteiger partial charge >= 0.3 is 0 Å². The van der Waals surface area contributed by atoms with E-state index in [4.69, 9.17) is 23.1 Å². The molecule has 4 heteroatoms. The van der Waals surface area contributed by atoms with Crippen LogP contribution in [0.1, 0.15) is 25.7 Å². The molecule has 1 aliphatic rings. The highest BCUT2D eigenvalue weighted by molar-refractivity contribution is 7.80. The van der Waals surface area contributed by atoms with Crippen LogP contribution >= 0.6 is 12.2 Å². The van der Waals surface area contributed by atoms with Crippen LogP contribution in [0.25, 0.3) is 0 Å². The molecular formula is C8H16N2OS. The highest BCUT2D eigenvalue weighted by atomic mass is 32.1. The first kappa shape index (κ1) is 9.74. The summed E-state index contributed by atoms with van der Waals surface area (Å²) in [5.74, 6) is 0. The molecule has 1 saturated heterocycles. The first-order valence-electron chi connectivity index (χ1n) is 4.42. The van der Waals surface area contributed by atoms with Gasteiger partial charge in [-0.15, -0.1) is 0 Å². The zero-order chi connectivity index (χ0) is 8.97. The van der Waals surface area contributed by atoms with Gasteiger partial charge in [0.2, 0.25) is 0 Å². The van der Waals surface area contributed by atoms with Crippen LogP contribution in [-0.2, 0) is 0 Å². The molecule has 0 aromatic rings. The van der Waals surface area contributed by atoms with Crippen molar-refractivity contribution in [2.75, 3.05) is 13.2 Å². The average Bonchev–Trinajstić information content (AvgIpc) is 2.27. The zero-order valence-electron chi connectivity index (χ0n) is 7.20. The van der Waals surface area contributed by atoms with Gasteiger partial charge in [-0.3, -0.25) is 0 Å². The SMILES string of the molecule is NC(=S)N1CCCCCC1CO. The normalized spacial score (nSPS) is 25.1. The molecule has 70 valence electrons. The number of nitrogens with two attached hydrogens (primary N) is 1. The van der Waals surface area contributed by atoms with Crippen molar-refractivity contribution < 1.29 is 5.11 Å². The van der Waals surface area contributed by atoms with Gasteiger partial charge in [0.25, 0.3) is 0 Å². The Balaban J connectivity index is 2.57. The topological polar surface area (TPSA) is 49.5 Å². The molecule has 0 radical (unpaired) electrons. The molecule has 1 heterocycles. The Hall–Kier alpha value is -0.350. The van der Waals surface area contributed by atoms with E-state index in [0.29, 0.717) is 5.11 Å². The van der Waals surface area contributed by atoms with Crippen molar-refractivity contribution in [3.8, 4) is 0 Å². The molecular weight excluding hydrogens is 172 g/mol. The van der Waals surface area contributed by atoms with E-state index >= 15 is 0 Å². The number of nitrogens with zero attached hydrogens (tertiary/aromatic N) is 1. The third-order valence-corrected chi connectivity index (χ3v) is 2.61. The van der Waals surface area contributed by atoms with Crippen LogP contribution in [0.4, 0.5) is 0 Å². The zero-order valence-corrected chi connectivity index (χ0v) is 8.02. The van der Waals surface area contributed by atoms with Crippen molar-refractivity contribution >= 4 is 17.3 Å². The second-order valence-electron chi connectivity index (χ2n) is 3.22. The molecule has 0 amide bonds. The van der Waals surface area contributed by atoms with E-state index in [0.717, 1.165) is 19.4 Å². The monoisotopic (exact) mass is 188 g/mol. The van der Waals surface area contributed by atoms with Crippen molar-refractivity contribution in [1.29, 1.82) is 0 Å². The number of rotatable bonds is 1. The maximum atomic E-state index is 9.08. The van der Waals surface area contributed by atoms with Crippen LogP contribution in [0.5, 0.6) is 0 Å². The predicted molar refractivity (Wildman–Crippen MR) is 52.8 cm³/mol. The van der Waals surface area contributed by atoms with Gasteiger partial charge in [-0.2, -0.15) is 0 Å². The van der Waals surface area contributed by atoms with Crippen molar-refractivity contribution in [1.82, 2.24) is 4.90 Å². The number of thiocarbonyl (C=S) groups is 1. The lowest BCUT2D eigenvalue weighted by Crippen LogP contribution is -2.44. The van der Waals surface area contributed by atoms with E-state index in [2.05, 4.69) is 0 Å². The summed E-state index contributed by atoms with van der Waals surface area (Å²) in [7, 11) is 0. The largest absolute Gasteiger partial charge is 0.394 e. The number of aliphatic hydroxyl groups excluding tert-OH is 1. The Morgan fingerprint density at radius 2 is 2.25 bits per heavy atom. The van der Waals surface area contributed by atoms with E-state index in [-0.39, 0.29) is 12.6 Å². The Labute approximate surface area is 78.5 Å². The van der Waals surface area contributed by atoms with Gasteiger partial charge in [0.05, 0.1) is 12.6 Å². The molecule has 1 rings (SSSR count). The third-order valence-electron chi connectivity index (χ3n) is 2.37. The summed E-state index contributed by atoms with van der Waals surface area (Å²) in [5.41, 5.74) is 5.55. The Morgan fingerprint density at radius 3 is 2.83 bits per heavy atom. The van der Waals surface area contributed by atoms with E-state index in [1.165, 1.54) is 12.8 Å². The van der Waals surface area contributed by atoms with Gasteiger partial charge in [0.1, 0.15) is 0 Å². The summed E-state index contributed by atoms with van der Waals surface area (Å²) in [4.78, 5) is 1.95. The van der Waals surface area contributed by atoms with Gasteiger partial charge in [-0.1, -0.05) is 12.8 Å². The van der Waals surface area contributed by atoms with E-state index < -0.39 is 0 Å². The van der Waals surface area contributed by atoms with Crippen molar-refractivity contribution in [2.45, 2.75) is 31.7 Å². The molecule has 0 spiro atoms. The summed E-state index contributed by atoms with van der Waals surface area (Å²) in [5, 5.41) is 9.51. The highest BCUT2D eigenvalue weighted by Gasteiger charge is 2.20. The molecule has 1 unspecified atom stereocenters. The summed E-state index contributed by atoms with van der Waals surface area (Å²) < 4.78 is 0. The number of hydrogen-bond acceptors (Lipinski definition) is 2. The molecule has 1 atom stereocenters. The smallest absolute Gasteiger partial charge is 0.166 e. The lowest BCUT2D eigenvalue weighted by atomic mass is 10.1. The van der Waals surface area contributed by atoms with Crippen molar-refractivity contribution in [3.63, 3.8) is 0 Å². The summed E-state index contributed by atoms with van der Waals surface area (Å²) in [6, 6.07) is 0.157. The molecule has 0 aliphatic carbocycles. The van der Waals surface area contributed by atoms with Crippen LogP contribution in [0, 0.1) is 0 Å². The second-order valence-corrected chi connectivity index (χ2v) is 3.64. The first-order valence-corrected chi connectivity index (χ1v) is 4.83. The first-order chi connectivity index (χ1) is 5.75. The van der Waals surface area contributed by atoms with E-state index in [9.17, 15) is 0 Å². The fourth-order valence-corrected chi connectivity index (χ4v) is 1.90. The number of likely N-dealkylation sites (tertiary alicyclic amines) is 1. The van der Waals surface area contributed by atoms with Crippen molar-refractivity contribution in [3.05, 3.63) is 0 Å². The van der Waals surface area contributed by atoms with Gasteiger partial charge in [-0.25, -0.2) is 0 Å². The highest BCUT2D eigenvalue weighted by Crippen LogP contribution is 2.15. The molecule has 1 fully saturated rings. The van der Waals surface area contributed by atoms with Gasteiger partial charge < -0.3 is 15.7 Å². The molecule has 0 aromatic heterocycles. The van der Waals surface area contributed by atoms with Gasteiger partial charge in [-0.05, 0) is 25.1 Å². The van der Waals surface area contributed by atoms with E-state index in [1.54, 1.807) is 0 Å². The third kappa shape index (κ3) is 2.32. The molecule has 0 bridgehead atoms. The van der Waals surface area contributed by atoms with Crippen LogP contribution in [0.2, 0.25) is 0 Å².